The van der Waals surface area contributed by atoms with E-state index in [1.807, 2.05) is 36.5 Å². The molecule has 0 amide bonds. The number of hydrogen-bond acceptors (Lipinski definition) is 5. The van der Waals surface area contributed by atoms with Crippen LogP contribution in [0.5, 0.6) is 11.5 Å². The van der Waals surface area contributed by atoms with E-state index in [0.29, 0.717) is 19.7 Å². The molecule has 2 unspecified atom stereocenters. The molecule has 1 aromatic heterocycles. The molecule has 24 heavy (non-hydrogen) atoms. The average molecular weight is 331 g/mol. The minimum atomic E-state index is -0.465. The maximum Gasteiger partial charge on any atom is 0.161 e. The van der Waals surface area contributed by atoms with Crippen molar-refractivity contribution >= 4 is 0 Å². The highest BCUT2D eigenvalue weighted by Gasteiger charge is 2.24. The Bertz CT molecular complexity index is 618. The van der Waals surface area contributed by atoms with Gasteiger partial charge in [0, 0.05) is 25.5 Å². The fourth-order valence-corrected chi connectivity index (χ4v) is 2.99. The molecule has 1 aliphatic heterocycles. The molecule has 2 atom stereocenters. The lowest BCUT2D eigenvalue weighted by atomic mass is 10.2. The van der Waals surface area contributed by atoms with Crippen LogP contribution in [-0.2, 0) is 6.54 Å². The lowest BCUT2D eigenvalue weighted by Crippen LogP contribution is -2.44. The summed E-state index contributed by atoms with van der Waals surface area (Å²) in [6.07, 6.45) is 4.12. The molecular weight excluding hydrogens is 306 g/mol. The van der Waals surface area contributed by atoms with Crippen LogP contribution in [0.1, 0.15) is 13.3 Å². The number of nitrogens with zero attached hydrogens (tertiary/aromatic N) is 3. The maximum absolute atomic E-state index is 10.3. The molecule has 0 saturated heterocycles. The van der Waals surface area contributed by atoms with E-state index < -0.39 is 6.10 Å². The molecule has 0 radical (unpaired) electrons. The molecule has 0 aliphatic carbocycles. The summed E-state index contributed by atoms with van der Waals surface area (Å²) in [4.78, 5) is 2.23. The molecule has 130 valence electrons. The van der Waals surface area contributed by atoms with E-state index in [0.717, 1.165) is 31.0 Å². The Hall–Kier alpha value is -2.05. The summed E-state index contributed by atoms with van der Waals surface area (Å²) in [6.45, 7) is 5.41. The molecule has 3 rings (SSSR count). The van der Waals surface area contributed by atoms with Crippen LogP contribution in [0.25, 0.3) is 0 Å². The number of rotatable bonds is 8. The van der Waals surface area contributed by atoms with Crippen molar-refractivity contribution in [3.63, 3.8) is 0 Å². The van der Waals surface area contributed by atoms with Crippen LogP contribution in [0.2, 0.25) is 0 Å². The molecule has 2 heterocycles. The molecule has 0 bridgehead atoms. The SMILES string of the molecule is CCCN(CC(O)Cn1cccn1)CC1COc2ccccc2O1. The maximum atomic E-state index is 10.3. The first kappa shape index (κ1) is 16.8. The van der Waals surface area contributed by atoms with E-state index in [9.17, 15) is 5.11 Å². The second-order valence-electron chi connectivity index (χ2n) is 6.14. The summed E-state index contributed by atoms with van der Waals surface area (Å²) >= 11 is 0. The van der Waals surface area contributed by atoms with Gasteiger partial charge in [0.1, 0.15) is 12.7 Å². The van der Waals surface area contributed by atoms with Crippen LogP contribution in [0.4, 0.5) is 0 Å². The Morgan fingerprint density at radius 2 is 2.17 bits per heavy atom. The third-order valence-corrected chi connectivity index (χ3v) is 4.00. The highest BCUT2D eigenvalue weighted by Crippen LogP contribution is 2.31. The Labute approximate surface area is 142 Å². The second-order valence-corrected chi connectivity index (χ2v) is 6.14. The van der Waals surface area contributed by atoms with Crippen LogP contribution >= 0.6 is 0 Å². The predicted octanol–water partition coefficient (Wildman–Crippen LogP) is 1.80. The van der Waals surface area contributed by atoms with Gasteiger partial charge in [-0.25, -0.2) is 0 Å². The van der Waals surface area contributed by atoms with Gasteiger partial charge >= 0.3 is 0 Å². The first-order valence-corrected chi connectivity index (χ1v) is 8.51. The van der Waals surface area contributed by atoms with E-state index >= 15 is 0 Å². The van der Waals surface area contributed by atoms with Gasteiger partial charge in [-0.15, -0.1) is 0 Å². The van der Waals surface area contributed by atoms with E-state index in [4.69, 9.17) is 9.47 Å². The molecule has 6 nitrogen and oxygen atoms in total. The monoisotopic (exact) mass is 331 g/mol. The van der Waals surface area contributed by atoms with Gasteiger partial charge in [0.05, 0.1) is 12.6 Å². The van der Waals surface area contributed by atoms with E-state index in [1.54, 1.807) is 10.9 Å². The topological polar surface area (TPSA) is 59.8 Å². The van der Waals surface area contributed by atoms with Crippen LogP contribution in [-0.4, -0.2) is 58.2 Å². The first-order valence-electron chi connectivity index (χ1n) is 8.51. The van der Waals surface area contributed by atoms with Gasteiger partial charge in [0.15, 0.2) is 11.5 Å². The van der Waals surface area contributed by atoms with Crippen molar-refractivity contribution in [1.82, 2.24) is 14.7 Å². The normalized spacial score (nSPS) is 17.9. The first-order chi connectivity index (χ1) is 11.7. The third-order valence-electron chi connectivity index (χ3n) is 4.00. The van der Waals surface area contributed by atoms with Crippen molar-refractivity contribution in [2.24, 2.45) is 0 Å². The lowest BCUT2D eigenvalue weighted by molar-refractivity contribution is 0.0359. The molecule has 2 aromatic rings. The molecule has 6 heteroatoms. The molecule has 0 saturated carbocycles. The average Bonchev–Trinajstić information content (AvgIpc) is 3.07. The fraction of sp³-hybridized carbons (Fsp3) is 0.500. The standard InChI is InChI=1S/C18H25N3O3/c1-2-9-20(11-15(22)12-21-10-5-8-19-21)13-16-14-23-17-6-3-4-7-18(17)24-16/h3-8,10,15-16,22H,2,9,11-14H2,1H3. The van der Waals surface area contributed by atoms with Gasteiger partial charge in [-0.2, -0.15) is 5.10 Å². The summed E-state index contributed by atoms with van der Waals surface area (Å²) in [7, 11) is 0. The smallest absolute Gasteiger partial charge is 0.161 e. The molecule has 1 aliphatic rings. The molecule has 0 fully saturated rings. The Kier molecular flexibility index (Phi) is 5.72. The van der Waals surface area contributed by atoms with Gasteiger partial charge < -0.3 is 14.6 Å². The summed E-state index contributed by atoms with van der Waals surface area (Å²) in [5.41, 5.74) is 0. The van der Waals surface area contributed by atoms with Crippen LogP contribution in [0.15, 0.2) is 42.7 Å². The highest BCUT2D eigenvalue weighted by atomic mass is 16.6. The zero-order valence-electron chi connectivity index (χ0n) is 14.0. The number of hydrogen-bond donors (Lipinski definition) is 1. The van der Waals surface area contributed by atoms with Gasteiger partial charge in [0.2, 0.25) is 0 Å². The lowest BCUT2D eigenvalue weighted by Gasteiger charge is -2.32. The number of benzene rings is 1. The van der Waals surface area contributed by atoms with Crippen molar-refractivity contribution in [2.45, 2.75) is 32.1 Å². The number of aliphatic hydroxyl groups is 1. The Morgan fingerprint density at radius 1 is 1.33 bits per heavy atom. The number of ether oxygens (including phenoxy) is 2. The van der Waals surface area contributed by atoms with Crippen molar-refractivity contribution in [3.05, 3.63) is 42.7 Å². The quantitative estimate of drug-likeness (QED) is 0.799. The summed E-state index contributed by atoms with van der Waals surface area (Å²) in [5, 5.41) is 14.5. The van der Waals surface area contributed by atoms with Crippen molar-refractivity contribution in [3.8, 4) is 11.5 Å². The van der Waals surface area contributed by atoms with E-state index in [2.05, 4.69) is 16.9 Å². The summed E-state index contributed by atoms with van der Waals surface area (Å²) < 4.78 is 13.6. The zero-order chi connectivity index (χ0) is 16.8. The second kappa shape index (κ2) is 8.17. The van der Waals surface area contributed by atoms with Crippen molar-refractivity contribution in [2.75, 3.05) is 26.2 Å². The van der Waals surface area contributed by atoms with Gasteiger partial charge in [-0.1, -0.05) is 19.1 Å². The third kappa shape index (κ3) is 4.49. The van der Waals surface area contributed by atoms with Crippen molar-refractivity contribution < 1.29 is 14.6 Å². The minimum absolute atomic E-state index is 0.0247. The van der Waals surface area contributed by atoms with Crippen molar-refractivity contribution in [1.29, 1.82) is 0 Å². The number of aliphatic hydroxyl groups excluding tert-OH is 1. The molecule has 1 aromatic carbocycles. The van der Waals surface area contributed by atoms with Crippen LogP contribution in [0.3, 0.4) is 0 Å². The number of aromatic nitrogens is 2. The van der Waals surface area contributed by atoms with Crippen LogP contribution < -0.4 is 9.47 Å². The van der Waals surface area contributed by atoms with E-state index in [-0.39, 0.29) is 6.10 Å². The zero-order valence-corrected chi connectivity index (χ0v) is 14.0. The van der Waals surface area contributed by atoms with Gasteiger partial charge in [-0.05, 0) is 31.2 Å². The fourth-order valence-electron chi connectivity index (χ4n) is 2.99. The molecule has 0 spiro atoms. The van der Waals surface area contributed by atoms with Gasteiger partial charge in [0.25, 0.3) is 0 Å². The Morgan fingerprint density at radius 3 is 2.92 bits per heavy atom. The number of para-hydroxylation sites is 2. The van der Waals surface area contributed by atoms with Crippen LogP contribution in [0, 0.1) is 0 Å². The largest absolute Gasteiger partial charge is 0.486 e. The van der Waals surface area contributed by atoms with Gasteiger partial charge in [-0.3, -0.25) is 9.58 Å². The minimum Gasteiger partial charge on any atom is -0.486 e. The summed E-state index contributed by atoms with van der Waals surface area (Å²) in [5.74, 6) is 1.59. The predicted molar refractivity (Wildman–Crippen MR) is 91.3 cm³/mol. The highest BCUT2D eigenvalue weighted by molar-refractivity contribution is 5.40. The van der Waals surface area contributed by atoms with E-state index in [1.165, 1.54) is 0 Å². The molecule has 1 N–H and O–H groups in total. The molecular formula is C18H25N3O3. The number of fused-ring (bicyclic) bond motifs is 1. The Balaban J connectivity index is 1.54. The summed E-state index contributed by atoms with van der Waals surface area (Å²) in [6, 6.07) is 9.60.